The summed E-state index contributed by atoms with van der Waals surface area (Å²) in [6.45, 7) is 3.34. The Morgan fingerprint density at radius 3 is 2.31 bits per heavy atom. The van der Waals surface area contributed by atoms with Gasteiger partial charge in [-0.25, -0.2) is 22.0 Å². The zero-order chi connectivity index (χ0) is 28.2. The van der Waals surface area contributed by atoms with Crippen molar-refractivity contribution in [2.45, 2.75) is 29.8 Å². The summed E-state index contributed by atoms with van der Waals surface area (Å²) in [6.07, 6.45) is 0. The maximum Gasteiger partial charge on any atom is 0.279 e. The first-order chi connectivity index (χ1) is 18.5. The fourth-order valence-electron chi connectivity index (χ4n) is 3.86. The quantitative estimate of drug-likeness (QED) is 0.283. The summed E-state index contributed by atoms with van der Waals surface area (Å²) in [5, 5.41) is 5.27. The zero-order valence-electron chi connectivity index (χ0n) is 21.3. The van der Waals surface area contributed by atoms with Crippen LogP contribution in [-0.4, -0.2) is 51.9 Å². The number of thiazole rings is 1. The number of carbonyl (C=O) groups is 1. The molecule has 13 heteroatoms. The molecule has 0 unspecified atom stereocenters. The second-order valence-electron chi connectivity index (χ2n) is 8.60. The molecule has 39 heavy (non-hydrogen) atoms. The van der Waals surface area contributed by atoms with Crippen LogP contribution >= 0.6 is 11.3 Å². The highest BCUT2D eigenvalue weighted by molar-refractivity contribution is 7.89. The molecule has 2 N–H and O–H groups in total. The van der Waals surface area contributed by atoms with E-state index in [0.717, 1.165) is 16.9 Å². The molecule has 0 radical (unpaired) electrons. The van der Waals surface area contributed by atoms with Crippen LogP contribution in [0.15, 0.2) is 87.6 Å². The molecule has 0 saturated carbocycles. The number of carbonyl (C=O) groups excluding carboxylic acids is 1. The van der Waals surface area contributed by atoms with E-state index in [1.807, 2.05) is 37.3 Å². The summed E-state index contributed by atoms with van der Waals surface area (Å²) < 4.78 is 58.7. The van der Waals surface area contributed by atoms with Crippen LogP contribution in [0.2, 0.25) is 0 Å². The van der Waals surface area contributed by atoms with E-state index in [-0.39, 0.29) is 21.9 Å². The van der Waals surface area contributed by atoms with E-state index in [0.29, 0.717) is 34.8 Å². The van der Waals surface area contributed by atoms with E-state index in [9.17, 15) is 21.6 Å². The van der Waals surface area contributed by atoms with Gasteiger partial charge in [0.2, 0.25) is 20.0 Å². The number of nitrogens with two attached hydrogens (primary N) is 1. The number of fused-ring (bicyclic) bond motifs is 1. The van der Waals surface area contributed by atoms with Crippen molar-refractivity contribution in [3.8, 4) is 0 Å². The Balaban J connectivity index is 1.64. The van der Waals surface area contributed by atoms with Gasteiger partial charge in [0.1, 0.15) is 0 Å². The molecule has 1 aromatic heterocycles. The number of hydrogen-bond acceptors (Lipinski definition) is 7. The first kappa shape index (κ1) is 28.8. The van der Waals surface area contributed by atoms with E-state index in [4.69, 9.17) is 9.88 Å². The lowest BCUT2D eigenvalue weighted by Gasteiger charge is -2.17. The molecule has 0 aliphatic heterocycles. The van der Waals surface area contributed by atoms with E-state index < -0.39 is 26.0 Å². The second kappa shape index (κ2) is 11.9. The van der Waals surface area contributed by atoms with Gasteiger partial charge in [0.25, 0.3) is 5.91 Å². The molecule has 206 valence electrons. The molecule has 3 aromatic carbocycles. The predicted molar refractivity (Wildman–Crippen MR) is 149 cm³/mol. The van der Waals surface area contributed by atoms with Crippen molar-refractivity contribution >= 4 is 47.5 Å². The summed E-state index contributed by atoms with van der Waals surface area (Å²) in [7, 11) is -6.18. The first-order valence-electron chi connectivity index (χ1n) is 11.9. The molecule has 0 aliphatic carbocycles. The summed E-state index contributed by atoms with van der Waals surface area (Å²) >= 11 is 1.14. The third-order valence-electron chi connectivity index (χ3n) is 5.90. The smallest absolute Gasteiger partial charge is 0.279 e. The largest absolute Gasteiger partial charge is 0.380 e. The SMILES string of the molecule is CCOCCn1c(=NC(=O)c2ccc(S(=O)(=O)N(C)Cc3ccccc3)cc2)sc2cc(S(N)(=O)=O)ccc21. The molecule has 1 heterocycles. The Labute approximate surface area is 231 Å². The van der Waals surface area contributed by atoms with Gasteiger partial charge in [0.05, 0.1) is 26.6 Å². The molecule has 1 amide bonds. The number of rotatable bonds is 10. The van der Waals surface area contributed by atoms with Gasteiger partial charge in [0, 0.05) is 32.3 Å². The Kier molecular flexibility index (Phi) is 8.79. The fraction of sp³-hybridized carbons (Fsp3) is 0.231. The lowest BCUT2D eigenvalue weighted by Crippen LogP contribution is -2.26. The third-order valence-corrected chi connectivity index (χ3v) is 9.67. The molecule has 10 nitrogen and oxygen atoms in total. The van der Waals surface area contributed by atoms with Crippen molar-refractivity contribution in [3.05, 3.63) is 88.7 Å². The average molecular weight is 589 g/mol. The normalized spacial score (nSPS) is 12.9. The lowest BCUT2D eigenvalue weighted by molar-refractivity contribution is 0.0996. The number of sulfonamides is 2. The maximum atomic E-state index is 13.1. The monoisotopic (exact) mass is 588 g/mol. The van der Waals surface area contributed by atoms with Crippen LogP contribution in [0.25, 0.3) is 10.2 Å². The Hall–Kier alpha value is -3.20. The van der Waals surface area contributed by atoms with E-state index in [1.165, 1.54) is 47.8 Å². The van der Waals surface area contributed by atoms with Gasteiger partial charge in [-0.3, -0.25) is 4.79 Å². The number of amides is 1. The minimum atomic E-state index is -3.90. The van der Waals surface area contributed by atoms with Crippen molar-refractivity contribution in [2.24, 2.45) is 10.1 Å². The Bertz CT molecular complexity index is 1760. The molecule has 0 saturated heterocycles. The van der Waals surface area contributed by atoms with Gasteiger partial charge in [-0.1, -0.05) is 41.7 Å². The number of nitrogens with zero attached hydrogens (tertiary/aromatic N) is 3. The minimum absolute atomic E-state index is 0.0416. The van der Waals surface area contributed by atoms with Gasteiger partial charge in [-0.2, -0.15) is 9.30 Å². The molecule has 0 atom stereocenters. The molecule has 4 aromatic rings. The second-order valence-corrected chi connectivity index (χ2v) is 13.2. The predicted octanol–water partition coefficient (Wildman–Crippen LogP) is 2.95. The maximum absolute atomic E-state index is 13.1. The van der Waals surface area contributed by atoms with Gasteiger partial charge >= 0.3 is 0 Å². The van der Waals surface area contributed by atoms with Crippen molar-refractivity contribution in [1.29, 1.82) is 0 Å². The van der Waals surface area contributed by atoms with Gasteiger partial charge in [-0.15, -0.1) is 0 Å². The molecule has 0 fully saturated rings. The molecular weight excluding hydrogens is 561 g/mol. The summed E-state index contributed by atoms with van der Waals surface area (Å²) in [5.41, 5.74) is 1.74. The molecule has 4 rings (SSSR count). The number of primary sulfonamides is 1. The molecule has 0 bridgehead atoms. The van der Waals surface area contributed by atoms with Gasteiger partial charge in [0.15, 0.2) is 4.80 Å². The molecule has 0 spiro atoms. The number of hydrogen-bond donors (Lipinski definition) is 1. The average Bonchev–Trinajstić information content (AvgIpc) is 3.25. The van der Waals surface area contributed by atoms with Crippen LogP contribution in [0.3, 0.4) is 0 Å². The summed E-state index contributed by atoms with van der Waals surface area (Å²) in [5.74, 6) is -0.569. The Morgan fingerprint density at radius 2 is 1.67 bits per heavy atom. The lowest BCUT2D eigenvalue weighted by atomic mass is 10.2. The summed E-state index contributed by atoms with van der Waals surface area (Å²) in [4.78, 5) is 17.7. The summed E-state index contributed by atoms with van der Waals surface area (Å²) in [6, 6.07) is 19.3. The van der Waals surface area contributed by atoms with Crippen LogP contribution in [0, 0.1) is 0 Å². The van der Waals surface area contributed by atoms with Crippen molar-refractivity contribution < 1.29 is 26.4 Å². The van der Waals surface area contributed by atoms with Crippen LogP contribution in [0.5, 0.6) is 0 Å². The highest BCUT2D eigenvalue weighted by Gasteiger charge is 2.21. The van der Waals surface area contributed by atoms with Crippen molar-refractivity contribution in [1.82, 2.24) is 8.87 Å². The third kappa shape index (κ3) is 6.69. The van der Waals surface area contributed by atoms with Crippen molar-refractivity contribution in [3.63, 3.8) is 0 Å². The minimum Gasteiger partial charge on any atom is -0.380 e. The highest BCUT2D eigenvalue weighted by Crippen LogP contribution is 2.22. The number of ether oxygens (including phenoxy) is 1. The van der Waals surface area contributed by atoms with E-state index >= 15 is 0 Å². The van der Waals surface area contributed by atoms with Crippen molar-refractivity contribution in [2.75, 3.05) is 20.3 Å². The van der Waals surface area contributed by atoms with E-state index in [2.05, 4.69) is 4.99 Å². The molecule has 0 aliphatic rings. The highest BCUT2D eigenvalue weighted by atomic mass is 32.2. The molecular formula is C26H28N4O6S3. The number of aromatic nitrogens is 1. The van der Waals surface area contributed by atoms with Crippen LogP contribution < -0.4 is 9.94 Å². The van der Waals surface area contributed by atoms with E-state index in [1.54, 1.807) is 10.6 Å². The topological polar surface area (TPSA) is 141 Å². The van der Waals surface area contributed by atoms with Crippen LogP contribution in [-0.2, 0) is 37.9 Å². The van der Waals surface area contributed by atoms with Gasteiger partial charge in [-0.05, 0) is 55.0 Å². The number of benzene rings is 3. The van der Waals surface area contributed by atoms with Crippen LogP contribution in [0.4, 0.5) is 0 Å². The first-order valence-corrected chi connectivity index (χ1v) is 15.7. The fourth-order valence-corrected chi connectivity index (χ4v) is 6.73. The Morgan fingerprint density at radius 1 is 1.00 bits per heavy atom. The van der Waals surface area contributed by atoms with Gasteiger partial charge < -0.3 is 9.30 Å². The standard InChI is InChI=1S/C26H28N4O6S3/c1-3-36-16-15-30-23-14-13-22(38(27,32)33)17-24(23)37-26(30)28-25(31)20-9-11-21(12-10-20)39(34,35)29(2)18-19-7-5-4-6-8-19/h4-14,17H,3,15-16,18H2,1-2H3,(H2,27,32,33). The van der Waals surface area contributed by atoms with Crippen LogP contribution in [0.1, 0.15) is 22.8 Å². The zero-order valence-corrected chi connectivity index (χ0v) is 23.8.